The molecule has 2 nitrogen and oxygen atoms in total. The quantitative estimate of drug-likeness (QED) is 0.563. The highest BCUT2D eigenvalue weighted by atomic mass is 16.5. The van der Waals surface area contributed by atoms with E-state index >= 15 is 0 Å². The minimum absolute atomic E-state index is 0.324. The highest BCUT2D eigenvalue weighted by Crippen LogP contribution is 2.02. The van der Waals surface area contributed by atoms with Gasteiger partial charge in [-0.3, -0.25) is 0 Å². The Hall–Kier alpha value is -0.0800. The van der Waals surface area contributed by atoms with Crippen LogP contribution in [0.15, 0.2) is 0 Å². The Labute approximate surface area is 89.0 Å². The highest BCUT2D eigenvalue weighted by Gasteiger charge is 2.03. The molecule has 0 N–H and O–H groups in total. The topological polar surface area (TPSA) is 18.5 Å². The molecule has 1 atom stereocenters. The van der Waals surface area contributed by atoms with Gasteiger partial charge in [-0.15, -0.1) is 0 Å². The van der Waals surface area contributed by atoms with E-state index in [0.29, 0.717) is 17.9 Å². The van der Waals surface area contributed by atoms with Crippen molar-refractivity contribution in [2.24, 2.45) is 11.8 Å². The van der Waals surface area contributed by atoms with Gasteiger partial charge >= 0.3 is 0 Å². The van der Waals surface area contributed by atoms with Gasteiger partial charge in [0.05, 0.1) is 6.10 Å². The maximum atomic E-state index is 5.63. The van der Waals surface area contributed by atoms with Gasteiger partial charge in [-0.05, 0) is 25.2 Å². The molecule has 0 radical (unpaired) electrons. The fourth-order valence-electron chi connectivity index (χ4n) is 1.01. The maximum Gasteiger partial charge on any atom is 0.0569 e. The Bertz CT molecular complexity index is 121. The van der Waals surface area contributed by atoms with Crippen molar-refractivity contribution in [1.29, 1.82) is 0 Å². The van der Waals surface area contributed by atoms with Crippen LogP contribution in [0.25, 0.3) is 0 Å². The molecule has 86 valence electrons. The van der Waals surface area contributed by atoms with Crippen molar-refractivity contribution in [3.05, 3.63) is 0 Å². The molecule has 2 heteroatoms. The number of rotatable bonds is 8. The lowest BCUT2D eigenvalue weighted by Crippen LogP contribution is -2.15. The molecule has 0 saturated carbocycles. The van der Waals surface area contributed by atoms with Gasteiger partial charge in [-0.2, -0.15) is 0 Å². The molecule has 14 heavy (non-hydrogen) atoms. The molecule has 0 saturated heterocycles. The fourth-order valence-corrected chi connectivity index (χ4v) is 1.01. The SMILES string of the molecule is CC(C)COCCC(C)OCC(C)C. The smallest absolute Gasteiger partial charge is 0.0569 e. The molecule has 0 spiro atoms. The summed E-state index contributed by atoms with van der Waals surface area (Å²) in [5, 5.41) is 0. The Morgan fingerprint density at radius 1 is 0.857 bits per heavy atom. The van der Waals surface area contributed by atoms with Gasteiger partial charge in [0.1, 0.15) is 0 Å². The summed E-state index contributed by atoms with van der Waals surface area (Å²) in [5.74, 6) is 1.25. The lowest BCUT2D eigenvalue weighted by molar-refractivity contribution is 0.0154. The summed E-state index contributed by atoms with van der Waals surface area (Å²) in [6, 6.07) is 0. The number of hydrogen-bond acceptors (Lipinski definition) is 2. The van der Waals surface area contributed by atoms with Crippen LogP contribution in [0, 0.1) is 11.8 Å². The molecule has 1 unspecified atom stereocenters. The van der Waals surface area contributed by atoms with Crippen LogP contribution in [0.1, 0.15) is 41.0 Å². The molecule has 0 aliphatic rings. The van der Waals surface area contributed by atoms with Crippen molar-refractivity contribution in [3.63, 3.8) is 0 Å². The zero-order valence-electron chi connectivity index (χ0n) is 10.4. The number of hydrogen-bond donors (Lipinski definition) is 0. The third kappa shape index (κ3) is 10.0. The molecule has 0 fully saturated rings. The molecule has 0 amide bonds. The lowest BCUT2D eigenvalue weighted by Gasteiger charge is -2.15. The minimum atomic E-state index is 0.324. The average Bonchev–Trinajstić information content (AvgIpc) is 2.08. The van der Waals surface area contributed by atoms with Crippen LogP contribution in [-0.2, 0) is 9.47 Å². The van der Waals surface area contributed by atoms with Gasteiger partial charge in [0.2, 0.25) is 0 Å². The monoisotopic (exact) mass is 202 g/mol. The summed E-state index contributed by atoms with van der Waals surface area (Å²) < 4.78 is 11.1. The van der Waals surface area contributed by atoms with Gasteiger partial charge in [-0.25, -0.2) is 0 Å². The largest absolute Gasteiger partial charge is 0.381 e. The van der Waals surface area contributed by atoms with E-state index in [-0.39, 0.29) is 0 Å². The fraction of sp³-hybridized carbons (Fsp3) is 1.00. The van der Waals surface area contributed by atoms with Crippen LogP contribution in [0.5, 0.6) is 0 Å². The second-order valence-electron chi connectivity index (χ2n) is 4.80. The van der Waals surface area contributed by atoms with Crippen LogP contribution >= 0.6 is 0 Å². The standard InChI is InChI=1S/C12H26O2/c1-10(2)8-13-7-6-12(5)14-9-11(3)4/h10-12H,6-9H2,1-5H3. The minimum Gasteiger partial charge on any atom is -0.381 e. The summed E-state index contributed by atoms with van der Waals surface area (Å²) in [5.41, 5.74) is 0. The van der Waals surface area contributed by atoms with Crippen LogP contribution in [-0.4, -0.2) is 25.9 Å². The second kappa shape index (κ2) is 8.25. The molecule has 0 bridgehead atoms. The molecule has 0 aromatic heterocycles. The average molecular weight is 202 g/mol. The first-order chi connectivity index (χ1) is 6.52. The van der Waals surface area contributed by atoms with Crippen LogP contribution in [0.2, 0.25) is 0 Å². The van der Waals surface area contributed by atoms with Crippen LogP contribution in [0.3, 0.4) is 0 Å². The molecule has 0 heterocycles. The predicted molar refractivity (Wildman–Crippen MR) is 60.5 cm³/mol. The van der Waals surface area contributed by atoms with Crippen molar-refractivity contribution in [2.75, 3.05) is 19.8 Å². The first kappa shape index (κ1) is 13.9. The van der Waals surface area contributed by atoms with Crippen LogP contribution in [0.4, 0.5) is 0 Å². The van der Waals surface area contributed by atoms with E-state index in [9.17, 15) is 0 Å². The van der Waals surface area contributed by atoms with Crippen LogP contribution < -0.4 is 0 Å². The van der Waals surface area contributed by atoms with Gasteiger partial charge in [-0.1, -0.05) is 27.7 Å². The van der Waals surface area contributed by atoms with Crippen molar-refractivity contribution in [1.82, 2.24) is 0 Å². The molecule has 0 aromatic rings. The van der Waals surface area contributed by atoms with E-state index < -0.39 is 0 Å². The zero-order chi connectivity index (χ0) is 11.0. The summed E-state index contributed by atoms with van der Waals surface area (Å²) in [7, 11) is 0. The number of ether oxygens (including phenoxy) is 2. The molecule has 0 rings (SSSR count). The summed E-state index contributed by atoms with van der Waals surface area (Å²) >= 11 is 0. The summed E-state index contributed by atoms with van der Waals surface area (Å²) in [6.07, 6.45) is 1.32. The molecule has 0 aromatic carbocycles. The van der Waals surface area contributed by atoms with Gasteiger partial charge in [0.15, 0.2) is 0 Å². The van der Waals surface area contributed by atoms with Crippen molar-refractivity contribution in [3.8, 4) is 0 Å². The molecular formula is C12H26O2. The second-order valence-corrected chi connectivity index (χ2v) is 4.80. The Balaban J connectivity index is 3.22. The molecule has 0 aliphatic carbocycles. The normalized spacial score (nSPS) is 13.9. The first-order valence-corrected chi connectivity index (χ1v) is 5.71. The van der Waals surface area contributed by atoms with Gasteiger partial charge in [0, 0.05) is 19.8 Å². The van der Waals surface area contributed by atoms with E-state index in [1.165, 1.54) is 0 Å². The molecule has 0 aliphatic heterocycles. The molecular weight excluding hydrogens is 176 g/mol. The third-order valence-corrected chi connectivity index (χ3v) is 1.83. The zero-order valence-corrected chi connectivity index (χ0v) is 10.4. The predicted octanol–water partition coefficient (Wildman–Crippen LogP) is 3.11. The highest BCUT2D eigenvalue weighted by molar-refractivity contribution is 4.51. The van der Waals surface area contributed by atoms with Crippen molar-refractivity contribution in [2.45, 2.75) is 47.1 Å². The Morgan fingerprint density at radius 3 is 1.93 bits per heavy atom. The lowest BCUT2D eigenvalue weighted by atomic mass is 10.2. The first-order valence-electron chi connectivity index (χ1n) is 5.71. The third-order valence-electron chi connectivity index (χ3n) is 1.83. The maximum absolute atomic E-state index is 5.63. The van der Waals surface area contributed by atoms with Crippen molar-refractivity contribution >= 4 is 0 Å². The van der Waals surface area contributed by atoms with E-state index in [0.717, 1.165) is 26.2 Å². The summed E-state index contributed by atoms with van der Waals surface area (Å²) in [6.45, 7) is 13.3. The summed E-state index contributed by atoms with van der Waals surface area (Å²) in [4.78, 5) is 0. The van der Waals surface area contributed by atoms with E-state index in [1.807, 2.05) is 0 Å². The van der Waals surface area contributed by atoms with Gasteiger partial charge < -0.3 is 9.47 Å². The van der Waals surface area contributed by atoms with E-state index in [4.69, 9.17) is 9.47 Å². The Morgan fingerprint density at radius 2 is 1.43 bits per heavy atom. The van der Waals surface area contributed by atoms with Crippen molar-refractivity contribution < 1.29 is 9.47 Å². The van der Waals surface area contributed by atoms with E-state index in [1.54, 1.807) is 0 Å². The van der Waals surface area contributed by atoms with E-state index in [2.05, 4.69) is 34.6 Å². The van der Waals surface area contributed by atoms with Gasteiger partial charge in [0.25, 0.3) is 0 Å². The Kier molecular flexibility index (Phi) is 8.20.